The molecule has 0 unspecified atom stereocenters. The second-order valence-electron chi connectivity index (χ2n) is 14.0. The zero-order chi connectivity index (χ0) is 35.0. The molecule has 1 spiro atoms. The molecular formula is C38H45FN8O3. The van der Waals surface area contributed by atoms with Crippen molar-refractivity contribution in [3.05, 3.63) is 106 Å². The van der Waals surface area contributed by atoms with Crippen molar-refractivity contribution >= 4 is 23.4 Å². The summed E-state index contributed by atoms with van der Waals surface area (Å²) in [5, 5.41) is 13.5. The van der Waals surface area contributed by atoms with Gasteiger partial charge < -0.3 is 25.4 Å². The molecule has 1 saturated carbocycles. The zero-order valence-electron chi connectivity index (χ0n) is 29.0. The third kappa shape index (κ3) is 6.33. The fraction of sp³-hybridized carbons (Fsp3) is 0.421. The molecule has 0 bridgehead atoms. The summed E-state index contributed by atoms with van der Waals surface area (Å²) in [6, 6.07) is 16.6. The Hall–Kier alpha value is -4.81. The summed E-state index contributed by atoms with van der Waals surface area (Å²) in [6.07, 6.45) is 6.65. The first-order valence-corrected chi connectivity index (χ1v) is 17.5. The molecule has 4 aromatic rings. The number of piperidine rings is 1. The van der Waals surface area contributed by atoms with Crippen LogP contribution in [0.3, 0.4) is 0 Å². The van der Waals surface area contributed by atoms with Gasteiger partial charge in [0.1, 0.15) is 11.5 Å². The van der Waals surface area contributed by atoms with Crippen LogP contribution in [0, 0.1) is 12.7 Å². The average Bonchev–Trinajstić information content (AvgIpc) is 3.71. The van der Waals surface area contributed by atoms with E-state index in [0.717, 1.165) is 75.2 Å². The van der Waals surface area contributed by atoms with Gasteiger partial charge in [0, 0.05) is 68.5 Å². The highest BCUT2D eigenvalue weighted by Gasteiger charge is 2.48. The number of fused-ring (bicyclic) bond motifs is 2. The Balaban J connectivity index is 0.976. The SMILES string of the molecule is Cc1c(C(=O)Nc2ccc(CNC(=O)c3ccc4n3CCN(Cc3ccc(C(=O)N(C)C)cc3)C43CCC3)c(F)c2)cnn1C1CCNCC1. The third-order valence-corrected chi connectivity index (χ3v) is 10.7. The maximum atomic E-state index is 15.2. The van der Waals surface area contributed by atoms with Crippen LogP contribution < -0.4 is 16.0 Å². The molecule has 2 fully saturated rings. The van der Waals surface area contributed by atoms with Crippen molar-refractivity contribution < 1.29 is 18.8 Å². The highest BCUT2D eigenvalue weighted by Crippen LogP contribution is 2.49. The van der Waals surface area contributed by atoms with Crippen LogP contribution in [0.4, 0.5) is 10.1 Å². The fourth-order valence-corrected chi connectivity index (χ4v) is 7.75. The molecule has 262 valence electrons. The quantitative estimate of drug-likeness (QED) is 0.233. The Morgan fingerprint density at radius 2 is 1.76 bits per heavy atom. The molecule has 3 N–H and O–H groups in total. The van der Waals surface area contributed by atoms with E-state index in [4.69, 9.17) is 0 Å². The number of hydrogen-bond donors (Lipinski definition) is 3. The van der Waals surface area contributed by atoms with E-state index in [-0.39, 0.29) is 35.8 Å². The van der Waals surface area contributed by atoms with Gasteiger partial charge in [-0.3, -0.25) is 24.0 Å². The van der Waals surface area contributed by atoms with E-state index >= 15 is 4.39 Å². The monoisotopic (exact) mass is 680 g/mol. The Labute approximate surface area is 291 Å². The topological polar surface area (TPSA) is 117 Å². The number of carbonyl (C=O) groups excluding carboxylic acids is 3. The van der Waals surface area contributed by atoms with Gasteiger partial charge in [-0.05, 0) is 94.1 Å². The van der Waals surface area contributed by atoms with Crippen LogP contribution in [0.25, 0.3) is 0 Å². The predicted molar refractivity (Wildman–Crippen MR) is 188 cm³/mol. The molecule has 12 heteroatoms. The van der Waals surface area contributed by atoms with E-state index in [1.165, 1.54) is 6.07 Å². The summed E-state index contributed by atoms with van der Waals surface area (Å²) < 4.78 is 19.3. The van der Waals surface area contributed by atoms with Crippen LogP contribution in [-0.4, -0.2) is 75.6 Å². The maximum absolute atomic E-state index is 15.2. The van der Waals surface area contributed by atoms with Gasteiger partial charge in [0.2, 0.25) is 0 Å². The number of nitrogens with zero attached hydrogens (tertiary/aromatic N) is 5. The summed E-state index contributed by atoms with van der Waals surface area (Å²) in [4.78, 5) is 42.9. The molecule has 50 heavy (non-hydrogen) atoms. The van der Waals surface area contributed by atoms with Gasteiger partial charge in [-0.25, -0.2) is 4.39 Å². The first kappa shape index (κ1) is 33.7. The standard InChI is InChI=1S/C38H45FN8O3/c1-25-31(23-42-47(25)30-13-17-40-18-14-30)35(48)43-29-10-9-28(32(39)21-29)22-41-36(49)33-11-12-34-38(15-4-16-38)45(19-20-46(33)34)24-26-5-7-27(8-6-26)37(50)44(2)3/h5-12,21,23,30,40H,4,13-20,22,24H2,1-3H3,(H,41,49)(H,43,48). The van der Waals surface area contributed by atoms with Crippen LogP contribution in [0.5, 0.6) is 0 Å². The Bertz CT molecular complexity index is 1900. The number of nitrogens with one attached hydrogen (secondary N) is 3. The molecule has 2 aromatic heterocycles. The molecule has 1 aliphatic carbocycles. The van der Waals surface area contributed by atoms with E-state index in [1.54, 1.807) is 37.3 Å². The lowest BCUT2D eigenvalue weighted by Gasteiger charge is -2.53. The second kappa shape index (κ2) is 13.8. The number of rotatable bonds is 9. The fourth-order valence-electron chi connectivity index (χ4n) is 7.75. The molecular weight excluding hydrogens is 635 g/mol. The smallest absolute Gasteiger partial charge is 0.268 e. The van der Waals surface area contributed by atoms with Crippen molar-refractivity contribution in [1.29, 1.82) is 0 Å². The number of aromatic nitrogens is 3. The van der Waals surface area contributed by atoms with E-state index in [2.05, 4.69) is 36.6 Å². The van der Waals surface area contributed by atoms with E-state index in [9.17, 15) is 14.4 Å². The molecule has 4 heterocycles. The Kier molecular flexibility index (Phi) is 9.32. The van der Waals surface area contributed by atoms with Gasteiger partial charge in [-0.15, -0.1) is 0 Å². The van der Waals surface area contributed by atoms with E-state index in [1.807, 2.05) is 41.9 Å². The summed E-state index contributed by atoms with van der Waals surface area (Å²) in [7, 11) is 3.50. The first-order valence-electron chi connectivity index (χ1n) is 17.5. The Morgan fingerprint density at radius 1 is 1.00 bits per heavy atom. The van der Waals surface area contributed by atoms with Gasteiger partial charge in [0.25, 0.3) is 17.7 Å². The first-order chi connectivity index (χ1) is 24.1. The van der Waals surface area contributed by atoms with Crippen molar-refractivity contribution in [3.63, 3.8) is 0 Å². The van der Waals surface area contributed by atoms with Crippen molar-refractivity contribution in [2.75, 3.05) is 39.0 Å². The summed E-state index contributed by atoms with van der Waals surface area (Å²) >= 11 is 0. The van der Waals surface area contributed by atoms with Crippen molar-refractivity contribution in [2.24, 2.45) is 0 Å². The summed E-state index contributed by atoms with van der Waals surface area (Å²) in [6.45, 7) is 5.97. The lowest BCUT2D eigenvalue weighted by molar-refractivity contribution is -0.0217. The number of carbonyl (C=O) groups is 3. The number of amides is 3. The minimum Gasteiger partial charge on any atom is -0.347 e. The molecule has 3 aliphatic rings. The van der Waals surface area contributed by atoms with Crippen LogP contribution in [0.2, 0.25) is 0 Å². The van der Waals surface area contributed by atoms with Crippen LogP contribution in [0.15, 0.2) is 60.8 Å². The molecule has 3 amide bonds. The van der Waals surface area contributed by atoms with Gasteiger partial charge in [0.05, 0.1) is 23.3 Å². The lowest BCUT2D eigenvalue weighted by Crippen LogP contribution is -2.56. The normalized spacial score (nSPS) is 17.2. The number of hydrogen-bond acceptors (Lipinski definition) is 6. The number of halogens is 1. The lowest BCUT2D eigenvalue weighted by atomic mass is 9.71. The van der Waals surface area contributed by atoms with Gasteiger partial charge >= 0.3 is 0 Å². The molecule has 2 aliphatic heterocycles. The van der Waals surface area contributed by atoms with Crippen molar-refractivity contribution in [3.8, 4) is 0 Å². The molecule has 11 nitrogen and oxygen atoms in total. The van der Waals surface area contributed by atoms with Gasteiger partial charge in [-0.2, -0.15) is 5.10 Å². The summed E-state index contributed by atoms with van der Waals surface area (Å²) in [5.74, 6) is -1.11. The zero-order valence-corrected chi connectivity index (χ0v) is 29.0. The van der Waals surface area contributed by atoms with E-state index in [0.29, 0.717) is 34.6 Å². The highest BCUT2D eigenvalue weighted by molar-refractivity contribution is 6.05. The molecule has 0 radical (unpaired) electrons. The van der Waals surface area contributed by atoms with Crippen molar-refractivity contribution in [2.45, 2.75) is 70.2 Å². The second-order valence-corrected chi connectivity index (χ2v) is 14.0. The molecule has 2 aromatic carbocycles. The largest absolute Gasteiger partial charge is 0.347 e. The van der Waals surface area contributed by atoms with Crippen LogP contribution in [-0.2, 0) is 25.2 Å². The van der Waals surface area contributed by atoms with Gasteiger partial charge in [0.15, 0.2) is 0 Å². The van der Waals surface area contributed by atoms with Crippen LogP contribution in [0.1, 0.15) is 91.9 Å². The average molecular weight is 681 g/mol. The van der Waals surface area contributed by atoms with Gasteiger partial charge in [-0.1, -0.05) is 18.2 Å². The maximum Gasteiger partial charge on any atom is 0.268 e. The van der Waals surface area contributed by atoms with E-state index < -0.39 is 5.82 Å². The highest BCUT2D eigenvalue weighted by atomic mass is 19.1. The van der Waals surface area contributed by atoms with Crippen molar-refractivity contribution in [1.82, 2.24) is 34.8 Å². The predicted octanol–water partition coefficient (Wildman–Crippen LogP) is 4.84. The third-order valence-electron chi connectivity index (χ3n) is 10.7. The van der Waals surface area contributed by atoms with Crippen LogP contribution >= 0.6 is 0 Å². The number of benzene rings is 2. The minimum absolute atomic E-state index is 0.0140. The molecule has 1 saturated heterocycles. The Morgan fingerprint density at radius 3 is 2.44 bits per heavy atom. The molecule has 7 rings (SSSR count). The summed E-state index contributed by atoms with van der Waals surface area (Å²) in [5.41, 5.74) is 5.33. The number of anilines is 1. The minimum atomic E-state index is -0.509. The molecule has 0 atom stereocenters.